The van der Waals surface area contributed by atoms with Gasteiger partial charge in [0, 0.05) is 13.2 Å². The van der Waals surface area contributed by atoms with E-state index in [1.54, 1.807) is 10.9 Å². The fourth-order valence-electron chi connectivity index (χ4n) is 2.74. The van der Waals surface area contributed by atoms with Crippen LogP contribution in [0.15, 0.2) is 12.3 Å². The fourth-order valence-corrected chi connectivity index (χ4v) is 2.74. The van der Waals surface area contributed by atoms with E-state index in [9.17, 15) is 5.11 Å². The van der Waals surface area contributed by atoms with E-state index >= 15 is 0 Å². The average molecular weight is 208 g/mol. The normalized spacial score (nSPS) is 22.6. The van der Waals surface area contributed by atoms with Gasteiger partial charge >= 0.3 is 0 Å². The highest BCUT2D eigenvalue weighted by Gasteiger charge is 2.36. The van der Waals surface area contributed by atoms with Crippen LogP contribution in [-0.4, -0.2) is 14.9 Å². The molecule has 0 saturated heterocycles. The molecule has 0 radical (unpaired) electrons. The first-order valence-electron chi connectivity index (χ1n) is 5.83. The smallest absolute Gasteiger partial charge is 0.106 e. The Kier molecular flexibility index (Phi) is 2.83. The minimum atomic E-state index is -0.717. The molecule has 1 atom stereocenters. The predicted molar refractivity (Wildman–Crippen MR) is 59.4 cm³/mol. The predicted octanol–water partition coefficient (Wildman–Crippen LogP) is 2.21. The molecule has 0 aromatic carbocycles. The van der Waals surface area contributed by atoms with Crippen molar-refractivity contribution >= 4 is 0 Å². The summed E-state index contributed by atoms with van der Waals surface area (Å²) in [5, 5.41) is 14.8. The van der Waals surface area contributed by atoms with Crippen molar-refractivity contribution in [3.8, 4) is 0 Å². The second-order valence-electron chi connectivity index (χ2n) is 4.82. The van der Waals surface area contributed by atoms with Crippen LogP contribution >= 0.6 is 0 Å². The van der Waals surface area contributed by atoms with Crippen LogP contribution in [0.3, 0.4) is 0 Å². The van der Waals surface area contributed by atoms with Crippen molar-refractivity contribution < 1.29 is 5.11 Å². The highest BCUT2D eigenvalue weighted by Crippen LogP contribution is 2.38. The van der Waals surface area contributed by atoms with Crippen molar-refractivity contribution in [2.24, 2.45) is 13.0 Å². The summed E-state index contributed by atoms with van der Waals surface area (Å²) >= 11 is 0. The summed E-state index contributed by atoms with van der Waals surface area (Å²) in [6.45, 7) is 1.93. The number of aliphatic hydroxyl groups is 1. The molecule has 1 aliphatic carbocycles. The van der Waals surface area contributed by atoms with Crippen LogP contribution in [0.25, 0.3) is 0 Å². The Morgan fingerprint density at radius 1 is 1.40 bits per heavy atom. The van der Waals surface area contributed by atoms with Gasteiger partial charge in [-0.1, -0.05) is 19.3 Å². The van der Waals surface area contributed by atoms with Gasteiger partial charge in [-0.15, -0.1) is 0 Å². The average Bonchev–Trinajstić information content (AvgIpc) is 2.66. The zero-order chi connectivity index (χ0) is 10.9. The van der Waals surface area contributed by atoms with Gasteiger partial charge in [0.2, 0.25) is 0 Å². The first-order valence-corrected chi connectivity index (χ1v) is 5.83. The summed E-state index contributed by atoms with van der Waals surface area (Å²) in [6.07, 6.45) is 7.85. The Balaban J connectivity index is 2.21. The van der Waals surface area contributed by atoms with Gasteiger partial charge in [-0.05, 0) is 31.7 Å². The lowest BCUT2D eigenvalue weighted by Crippen LogP contribution is -2.35. The molecule has 84 valence electrons. The molecule has 1 unspecified atom stereocenters. The molecule has 1 heterocycles. The summed E-state index contributed by atoms with van der Waals surface area (Å²) in [5.41, 5.74) is 0.223. The third-order valence-electron chi connectivity index (χ3n) is 3.74. The van der Waals surface area contributed by atoms with E-state index in [0.717, 1.165) is 18.5 Å². The Morgan fingerprint density at radius 2 is 2.07 bits per heavy atom. The third kappa shape index (κ3) is 1.93. The van der Waals surface area contributed by atoms with Crippen molar-refractivity contribution in [3.63, 3.8) is 0 Å². The van der Waals surface area contributed by atoms with Crippen LogP contribution in [0.4, 0.5) is 0 Å². The Bertz CT molecular complexity index is 324. The van der Waals surface area contributed by atoms with Gasteiger partial charge in [0.25, 0.3) is 0 Å². The minimum Gasteiger partial charge on any atom is -0.384 e. The number of hydrogen-bond acceptors (Lipinski definition) is 2. The molecule has 3 heteroatoms. The molecule has 0 aliphatic heterocycles. The monoisotopic (exact) mass is 208 g/mol. The Labute approximate surface area is 91.1 Å². The van der Waals surface area contributed by atoms with Gasteiger partial charge in [0.15, 0.2) is 0 Å². The molecule has 0 amide bonds. The number of nitrogens with zero attached hydrogens (tertiary/aromatic N) is 2. The van der Waals surface area contributed by atoms with Crippen LogP contribution in [0.1, 0.15) is 44.7 Å². The van der Waals surface area contributed by atoms with E-state index in [-0.39, 0.29) is 0 Å². The van der Waals surface area contributed by atoms with Crippen LogP contribution < -0.4 is 0 Å². The van der Waals surface area contributed by atoms with Gasteiger partial charge < -0.3 is 5.11 Å². The quantitative estimate of drug-likeness (QED) is 0.809. The Hall–Kier alpha value is -0.830. The molecule has 0 spiro atoms. The molecule has 1 saturated carbocycles. The van der Waals surface area contributed by atoms with E-state index < -0.39 is 5.60 Å². The highest BCUT2D eigenvalue weighted by atomic mass is 16.3. The van der Waals surface area contributed by atoms with Gasteiger partial charge in [-0.25, -0.2) is 0 Å². The zero-order valence-corrected chi connectivity index (χ0v) is 9.61. The van der Waals surface area contributed by atoms with Crippen molar-refractivity contribution in [2.45, 2.75) is 44.6 Å². The van der Waals surface area contributed by atoms with Crippen LogP contribution in [0.2, 0.25) is 0 Å². The van der Waals surface area contributed by atoms with E-state index in [4.69, 9.17) is 0 Å². The van der Waals surface area contributed by atoms with Gasteiger partial charge in [-0.3, -0.25) is 4.68 Å². The highest BCUT2D eigenvalue weighted by molar-refractivity contribution is 5.12. The molecular weight excluding hydrogens is 188 g/mol. The first kappa shape index (κ1) is 10.7. The van der Waals surface area contributed by atoms with Crippen molar-refractivity contribution in [1.82, 2.24) is 9.78 Å². The molecule has 1 fully saturated rings. The fraction of sp³-hybridized carbons (Fsp3) is 0.750. The third-order valence-corrected chi connectivity index (χ3v) is 3.74. The molecule has 1 aliphatic rings. The number of aryl methyl sites for hydroxylation is 1. The van der Waals surface area contributed by atoms with Gasteiger partial charge in [0.1, 0.15) is 5.60 Å². The molecular formula is C12H20N2O. The van der Waals surface area contributed by atoms with Gasteiger partial charge in [0.05, 0.1) is 5.69 Å². The van der Waals surface area contributed by atoms with Gasteiger partial charge in [-0.2, -0.15) is 5.10 Å². The van der Waals surface area contributed by atoms with Crippen LogP contribution in [0.5, 0.6) is 0 Å². The lowest BCUT2D eigenvalue weighted by molar-refractivity contribution is -0.0281. The van der Waals surface area contributed by atoms with Crippen molar-refractivity contribution in [3.05, 3.63) is 18.0 Å². The minimum absolute atomic E-state index is 0.390. The van der Waals surface area contributed by atoms with E-state index in [1.165, 1.54) is 19.3 Å². The largest absolute Gasteiger partial charge is 0.384 e. The van der Waals surface area contributed by atoms with Crippen molar-refractivity contribution in [2.75, 3.05) is 0 Å². The maximum atomic E-state index is 10.6. The Morgan fingerprint density at radius 3 is 2.60 bits per heavy atom. The molecule has 0 bridgehead atoms. The molecule has 3 nitrogen and oxygen atoms in total. The maximum absolute atomic E-state index is 10.6. The summed E-state index contributed by atoms with van der Waals surface area (Å²) in [4.78, 5) is 0. The van der Waals surface area contributed by atoms with Crippen LogP contribution in [0, 0.1) is 5.92 Å². The first-order chi connectivity index (χ1) is 7.12. The second kappa shape index (κ2) is 3.97. The second-order valence-corrected chi connectivity index (χ2v) is 4.82. The van der Waals surface area contributed by atoms with Crippen molar-refractivity contribution in [1.29, 1.82) is 0 Å². The number of hydrogen-bond donors (Lipinski definition) is 1. The maximum Gasteiger partial charge on any atom is 0.106 e. The van der Waals surface area contributed by atoms with E-state index in [0.29, 0.717) is 5.92 Å². The standard InChI is InChI=1S/C12H20N2O/c1-12(15,10-6-4-3-5-7-10)11-8-9-13-14(11)2/h8-10,15H,3-7H2,1-2H3. The molecule has 1 aromatic heterocycles. The topological polar surface area (TPSA) is 38.0 Å². The van der Waals surface area contributed by atoms with E-state index in [1.807, 2.05) is 20.0 Å². The SMILES string of the molecule is Cn1nccc1C(C)(O)C1CCCCC1. The molecule has 2 rings (SSSR count). The number of aromatic nitrogens is 2. The molecule has 1 aromatic rings. The van der Waals surface area contributed by atoms with Crippen LogP contribution in [-0.2, 0) is 12.6 Å². The summed E-state index contributed by atoms with van der Waals surface area (Å²) in [6, 6.07) is 1.93. The summed E-state index contributed by atoms with van der Waals surface area (Å²) in [7, 11) is 1.90. The molecule has 1 N–H and O–H groups in total. The lowest BCUT2D eigenvalue weighted by Gasteiger charge is -2.35. The van der Waals surface area contributed by atoms with E-state index in [2.05, 4.69) is 5.10 Å². The summed E-state index contributed by atoms with van der Waals surface area (Å²) < 4.78 is 1.79. The number of rotatable bonds is 2. The lowest BCUT2D eigenvalue weighted by atomic mass is 9.76. The zero-order valence-electron chi connectivity index (χ0n) is 9.61. The molecule has 15 heavy (non-hydrogen) atoms. The summed E-state index contributed by atoms with van der Waals surface area (Å²) in [5.74, 6) is 0.390.